The molecule has 0 unspecified atom stereocenters. The molecule has 0 saturated carbocycles. The van der Waals surface area contributed by atoms with E-state index in [2.05, 4.69) is 4.98 Å². The van der Waals surface area contributed by atoms with Gasteiger partial charge in [-0.25, -0.2) is 0 Å². The van der Waals surface area contributed by atoms with Gasteiger partial charge in [-0.3, -0.25) is 4.39 Å². The Labute approximate surface area is 81.9 Å². The van der Waals surface area contributed by atoms with Crippen LogP contribution in [0, 0.1) is 0 Å². The fourth-order valence-electron chi connectivity index (χ4n) is 1.59. The third-order valence-corrected chi connectivity index (χ3v) is 2.43. The lowest BCUT2D eigenvalue weighted by Gasteiger charge is -2.09. The first kappa shape index (κ1) is 9.21. The van der Waals surface area contributed by atoms with Gasteiger partial charge < -0.3 is 10.7 Å². The molecule has 0 aliphatic rings. The van der Waals surface area contributed by atoms with Crippen LogP contribution in [0.5, 0.6) is 0 Å². The van der Waals surface area contributed by atoms with Crippen LogP contribution in [0.25, 0.3) is 10.9 Å². The molecule has 3 N–H and O–H groups in total. The molecule has 2 rings (SSSR count). The number of rotatable bonds is 3. The van der Waals surface area contributed by atoms with Crippen LogP contribution in [0.3, 0.4) is 0 Å². The predicted octanol–water partition coefficient (Wildman–Crippen LogP) is 2.53. The fourth-order valence-corrected chi connectivity index (χ4v) is 1.59. The largest absolute Gasteiger partial charge is 0.361 e. The quantitative estimate of drug-likeness (QED) is 0.770. The zero-order valence-corrected chi connectivity index (χ0v) is 7.83. The summed E-state index contributed by atoms with van der Waals surface area (Å²) in [5, 5.41) is 1.12. The first-order valence-electron chi connectivity index (χ1n) is 4.70. The number of hydrogen-bond donors (Lipinski definition) is 2. The van der Waals surface area contributed by atoms with Gasteiger partial charge in [-0.15, -0.1) is 0 Å². The van der Waals surface area contributed by atoms with Crippen LogP contribution in [0.4, 0.5) is 4.39 Å². The maximum Gasteiger partial charge on any atom is 0.0912 e. The number of fused-ring (bicyclic) bond motifs is 1. The number of aromatic amines is 1. The number of H-pyrrole nitrogens is 1. The van der Waals surface area contributed by atoms with E-state index in [0.29, 0.717) is 6.42 Å². The summed E-state index contributed by atoms with van der Waals surface area (Å²) in [4.78, 5) is 3.10. The lowest BCUT2D eigenvalue weighted by atomic mass is 10.0. The van der Waals surface area contributed by atoms with Crippen molar-refractivity contribution in [3.05, 3.63) is 36.0 Å². The zero-order chi connectivity index (χ0) is 9.97. The van der Waals surface area contributed by atoms with Crippen LogP contribution >= 0.6 is 0 Å². The Morgan fingerprint density at radius 3 is 3.00 bits per heavy atom. The van der Waals surface area contributed by atoms with E-state index in [1.54, 1.807) is 0 Å². The highest BCUT2D eigenvalue weighted by atomic mass is 19.1. The Bertz CT molecular complexity index is 422. The summed E-state index contributed by atoms with van der Waals surface area (Å²) in [6.07, 6.45) is 2.27. The number of alkyl halides is 1. The van der Waals surface area contributed by atoms with Crippen molar-refractivity contribution < 1.29 is 4.39 Å². The molecule has 1 aromatic heterocycles. The first-order chi connectivity index (χ1) is 6.81. The standard InChI is InChI=1S/C11H13FN2/c12-5-3-10(13)8-1-2-11-9(7-8)4-6-14-11/h1-2,4,6-7,10,14H,3,5,13H2/t10-/m1/s1. The second kappa shape index (κ2) is 3.80. The van der Waals surface area contributed by atoms with Crippen molar-refractivity contribution in [2.24, 2.45) is 5.73 Å². The molecule has 1 atom stereocenters. The van der Waals surface area contributed by atoms with Crippen LogP contribution in [0.1, 0.15) is 18.0 Å². The molecule has 3 heteroatoms. The number of nitrogens with two attached hydrogens (primary N) is 1. The van der Waals surface area contributed by atoms with Crippen LogP contribution in [-0.4, -0.2) is 11.7 Å². The monoisotopic (exact) mass is 192 g/mol. The molecular weight excluding hydrogens is 179 g/mol. The average Bonchev–Trinajstić information content (AvgIpc) is 2.64. The van der Waals surface area contributed by atoms with E-state index < -0.39 is 0 Å². The van der Waals surface area contributed by atoms with Gasteiger partial charge in [0.1, 0.15) is 0 Å². The van der Waals surface area contributed by atoms with Crippen molar-refractivity contribution >= 4 is 10.9 Å². The third-order valence-electron chi connectivity index (χ3n) is 2.43. The Morgan fingerprint density at radius 1 is 1.36 bits per heavy atom. The summed E-state index contributed by atoms with van der Waals surface area (Å²) < 4.78 is 12.1. The molecule has 0 amide bonds. The van der Waals surface area contributed by atoms with Crippen molar-refractivity contribution in [2.75, 3.05) is 6.67 Å². The average molecular weight is 192 g/mol. The van der Waals surface area contributed by atoms with E-state index in [-0.39, 0.29) is 12.7 Å². The van der Waals surface area contributed by atoms with Gasteiger partial charge in [0.2, 0.25) is 0 Å². The van der Waals surface area contributed by atoms with E-state index in [1.807, 2.05) is 30.5 Å². The Kier molecular flexibility index (Phi) is 2.50. The third kappa shape index (κ3) is 1.63. The molecule has 1 aromatic carbocycles. The smallest absolute Gasteiger partial charge is 0.0912 e. The van der Waals surface area contributed by atoms with Crippen LogP contribution in [-0.2, 0) is 0 Å². The highest BCUT2D eigenvalue weighted by Gasteiger charge is 2.06. The maximum atomic E-state index is 12.1. The summed E-state index contributed by atoms with van der Waals surface area (Å²) in [7, 11) is 0. The summed E-state index contributed by atoms with van der Waals surface area (Å²) in [6, 6.07) is 7.72. The predicted molar refractivity (Wildman–Crippen MR) is 55.8 cm³/mol. The summed E-state index contributed by atoms with van der Waals surface area (Å²) in [5.41, 5.74) is 7.89. The molecule has 2 nitrogen and oxygen atoms in total. The van der Waals surface area contributed by atoms with E-state index in [0.717, 1.165) is 16.5 Å². The Morgan fingerprint density at radius 2 is 2.21 bits per heavy atom. The van der Waals surface area contributed by atoms with Gasteiger partial charge in [0.15, 0.2) is 0 Å². The van der Waals surface area contributed by atoms with Crippen molar-refractivity contribution in [1.82, 2.24) is 4.98 Å². The van der Waals surface area contributed by atoms with E-state index in [9.17, 15) is 4.39 Å². The molecule has 74 valence electrons. The van der Waals surface area contributed by atoms with E-state index >= 15 is 0 Å². The van der Waals surface area contributed by atoms with E-state index in [4.69, 9.17) is 5.73 Å². The minimum atomic E-state index is -0.369. The molecule has 14 heavy (non-hydrogen) atoms. The lowest BCUT2D eigenvalue weighted by molar-refractivity contribution is 0.442. The molecule has 2 aromatic rings. The van der Waals surface area contributed by atoms with E-state index in [1.165, 1.54) is 0 Å². The fraction of sp³-hybridized carbons (Fsp3) is 0.273. The van der Waals surface area contributed by atoms with Gasteiger partial charge in [-0.1, -0.05) is 6.07 Å². The van der Waals surface area contributed by atoms with Crippen molar-refractivity contribution in [1.29, 1.82) is 0 Å². The highest BCUT2D eigenvalue weighted by Crippen LogP contribution is 2.20. The van der Waals surface area contributed by atoms with Crippen LogP contribution in [0.15, 0.2) is 30.5 Å². The molecule has 0 spiro atoms. The molecule has 0 radical (unpaired) electrons. The number of nitrogens with one attached hydrogen (secondary N) is 1. The molecular formula is C11H13FN2. The van der Waals surface area contributed by atoms with Crippen molar-refractivity contribution in [2.45, 2.75) is 12.5 Å². The molecule has 0 aliphatic carbocycles. The summed E-state index contributed by atoms with van der Waals surface area (Å²) >= 11 is 0. The van der Waals surface area contributed by atoms with Gasteiger partial charge in [0.25, 0.3) is 0 Å². The molecule has 0 bridgehead atoms. The minimum Gasteiger partial charge on any atom is -0.361 e. The topological polar surface area (TPSA) is 41.8 Å². The second-order valence-corrected chi connectivity index (χ2v) is 3.41. The lowest BCUT2D eigenvalue weighted by Crippen LogP contribution is -2.10. The normalized spacial score (nSPS) is 13.3. The number of hydrogen-bond acceptors (Lipinski definition) is 1. The number of aromatic nitrogens is 1. The maximum absolute atomic E-state index is 12.1. The van der Waals surface area contributed by atoms with Crippen molar-refractivity contribution in [3.8, 4) is 0 Å². The Balaban J connectivity index is 2.33. The number of halogens is 1. The van der Waals surface area contributed by atoms with Gasteiger partial charge >= 0.3 is 0 Å². The van der Waals surface area contributed by atoms with Crippen molar-refractivity contribution in [3.63, 3.8) is 0 Å². The molecule has 0 fully saturated rings. The van der Waals surface area contributed by atoms with Gasteiger partial charge in [0, 0.05) is 17.8 Å². The molecule has 1 heterocycles. The molecule has 0 aliphatic heterocycles. The van der Waals surface area contributed by atoms with Crippen LogP contribution < -0.4 is 5.73 Å². The number of benzene rings is 1. The van der Waals surface area contributed by atoms with Crippen LogP contribution in [0.2, 0.25) is 0 Å². The molecule has 0 saturated heterocycles. The van der Waals surface area contributed by atoms with Gasteiger partial charge in [-0.2, -0.15) is 0 Å². The van der Waals surface area contributed by atoms with Gasteiger partial charge in [0.05, 0.1) is 6.67 Å². The Hall–Kier alpha value is -1.35. The SMILES string of the molecule is N[C@H](CCF)c1ccc2[nH]ccc2c1. The first-order valence-corrected chi connectivity index (χ1v) is 4.70. The van der Waals surface area contributed by atoms with Gasteiger partial charge in [-0.05, 0) is 35.6 Å². The minimum absolute atomic E-state index is 0.195. The zero-order valence-electron chi connectivity index (χ0n) is 7.83. The summed E-state index contributed by atoms with van der Waals surface area (Å²) in [5.74, 6) is 0. The summed E-state index contributed by atoms with van der Waals surface area (Å²) in [6.45, 7) is -0.369. The highest BCUT2D eigenvalue weighted by molar-refractivity contribution is 5.80. The second-order valence-electron chi connectivity index (χ2n) is 3.41.